The van der Waals surface area contributed by atoms with Crippen LogP contribution in [0.1, 0.15) is 0 Å². The Kier molecular flexibility index (Phi) is 2.23. The summed E-state index contributed by atoms with van der Waals surface area (Å²) in [5.74, 6) is 0. The molecule has 0 unspecified atom stereocenters. The maximum absolute atomic E-state index is 5.87. The summed E-state index contributed by atoms with van der Waals surface area (Å²) in [7, 11) is 3.88. The van der Waals surface area contributed by atoms with Gasteiger partial charge < -0.3 is 5.32 Å². The predicted octanol–water partition coefficient (Wildman–Crippen LogP) is 0.640. The van der Waals surface area contributed by atoms with Crippen LogP contribution in [0, 0.1) is 0 Å². The highest BCUT2D eigenvalue weighted by Gasteiger charge is 1.94. The SMILES string of the molecule is Bc1ccc(NC)c(Cl)c1. The lowest BCUT2D eigenvalue weighted by molar-refractivity contribution is 1.52. The molecule has 0 radical (unpaired) electrons. The van der Waals surface area contributed by atoms with Gasteiger partial charge in [0.25, 0.3) is 0 Å². The molecule has 0 spiro atoms. The van der Waals surface area contributed by atoms with E-state index in [4.69, 9.17) is 11.6 Å². The fourth-order valence-corrected chi connectivity index (χ4v) is 1.15. The molecular formula is C7H9BClN. The number of hydrogen-bond donors (Lipinski definition) is 1. The van der Waals surface area contributed by atoms with Crippen molar-refractivity contribution < 1.29 is 0 Å². The monoisotopic (exact) mass is 153 g/mol. The summed E-state index contributed by atoms with van der Waals surface area (Å²) < 4.78 is 0. The first-order valence-corrected chi connectivity index (χ1v) is 3.55. The van der Waals surface area contributed by atoms with Crippen molar-refractivity contribution in [2.75, 3.05) is 12.4 Å². The Morgan fingerprint density at radius 3 is 2.70 bits per heavy atom. The first-order chi connectivity index (χ1) is 4.74. The van der Waals surface area contributed by atoms with Gasteiger partial charge in [-0.25, -0.2) is 0 Å². The quantitative estimate of drug-likeness (QED) is 0.584. The molecule has 10 heavy (non-hydrogen) atoms. The van der Waals surface area contributed by atoms with E-state index in [1.807, 2.05) is 33.1 Å². The second-order valence-electron chi connectivity index (χ2n) is 2.23. The van der Waals surface area contributed by atoms with Crippen LogP contribution < -0.4 is 10.8 Å². The molecule has 1 N–H and O–H groups in total. The zero-order valence-corrected chi connectivity index (χ0v) is 6.87. The molecule has 0 atom stereocenters. The second kappa shape index (κ2) is 2.97. The first-order valence-electron chi connectivity index (χ1n) is 3.18. The lowest BCUT2D eigenvalue weighted by Crippen LogP contribution is -2.01. The number of nitrogens with one attached hydrogen (secondary N) is 1. The van der Waals surface area contributed by atoms with E-state index in [0.717, 1.165) is 10.7 Å². The maximum atomic E-state index is 5.87. The molecule has 0 aromatic heterocycles. The second-order valence-corrected chi connectivity index (χ2v) is 2.64. The van der Waals surface area contributed by atoms with E-state index >= 15 is 0 Å². The average molecular weight is 153 g/mol. The first kappa shape index (κ1) is 7.48. The van der Waals surface area contributed by atoms with E-state index in [2.05, 4.69) is 5.32 Å². The molecule has 0 heterocycles. The number of halogens is 1. The van der Waals surface area contributed by atoms with Gasteiger partial charge in [0.15, 0.2) is 0 Å². The fourth-order valence-electron chi connectivity index (χ4n) is 0.823. The Hall–Kier alpha value is -0.625. The van der Waals surface area contributed by atoms with Crippen LogP contribution in [-0.2, 0) is 0 Å². The zero-order chi connectivity index (χ0) is 7.56. The molecule has 1 rings (SSSR count). The normalized spacial score (nSPS) is 9.40. The van der Waals surface area contributed by atoms with Crippen LogP contribution in [0.2, 0.25) is 5.02 Å². The van der Waals surface area contributed by atoms with E-state index in [-0.39, 0.29) is 0 Å². The Morgan fingerprint density at radius 1 is 1.50 bits per heavy atom. The summed E-state index contributed by atoms with van der Waals surface area (Å²) in [5, 5.41) is 3.77. The Morgan fingerprint density at radius 2 is 2.20 bits per heavy atom. The third-order valence-corrected chi connectivity index (χ3v) is 1.71. The maximum Gasteiger partial charge on any atom is 0.139 e. The molecule has 0 amide bonds. The van der Waals surface area contributed by atoms with E-state index in [0.29, 0.717) is 0 Å². The molecule has 0 saturated heterocycles. The van der Waals surface area contributed by atoms with Crippen LogP contribution in [0.4, 0.5) is 5.69 Å². The van der Waals surface area contributed by atoms with E-state index in [1.54, 1.807) is 0 Å². The van der Waals surface area contributed by atoms with Gasteiger partial charge in [-0.05, 0) is 12.1 Å². The van der Waals surface area contributed by atoms with Gasteiger partial charge in [-0.1, -0.05) is 23.1 Å². The van der Waals surface area contributed by atoms with Crippen LogP contribution in [0.15, 0.2) is 18.2 Å². The van der Waals surface area contributed by atoms with Crippen molar-refractivity contribution in [3.8, 4) is 0 Å². The van der Waals surface area contributed by atoms with Gasteiger partial charge in [-0.2, -0.15) is 0 Å². The number of hydrogen-bond acceptors (Lipinski definition) is 1. The van der Waals surface area contributed by atoms with Crippen molar-refractivity contribution in [1.82, 2.24) is 0 Å². The Bertz CT molecular complexity index is 237. The van der Waals surface area contributed by atoms with Crippen LogP contribution in [0.5, 0.6) is 0 Å². The molecule has 1 aromatic rings. The number of rotatable bonds is 1. The van der Waals surface area contributed by atoms with E-state index in [1.165, 1.54) is 5.46 Å². The molecule has 1 nitrogen and oxygen atoms in total. The molecular weight excluding hydrogens is 144 g/mol. The number of anilines is 1. The summed E-state index contributed by atoms with van der Waals surface area (Å²) in [6.45, 7) is 0. The lowest BCUT2D eigenvalue weighted by atomic mass is 9.96. The fraction of sp³-hybridized carbons (Fsp3) is 0.143. The summed E-state index contributed by atoms with van der Waals surface area (Å²) in [6.07, 6.45) is 0. The Balaban J connectivity index is 3.07. The zero-order valence-electron chi connectivity index (χ0n) is 6.11. The molecule has 1 aromatic carbocycles. The standard InChI is InChI=1S/C7H9BClN/c1-10-7-3-2-5(8)4-6(7)9/h2-4,10H,8H2,1H3. The van der Waals surface area contributed by atoms with E-state index < -0.39 is 0 Å². The minimum absolute atomic E-state index is 0.780. The van der Waals surface area contributed by atoms with Crippen LogP contribution in [0.25, 0.3) is 0 Å². The molecule has 0 saturated carbocycles. The molecule has 0 fully saturated rings. The van der Waals surface area contributed by atoms with Crippen molar-refractivity contribution in [3.05, 3.63) is 23.2 Å². The minimum atomic E-state index is 0.780. The highest BCUT2D eigenvalue weighted by molar-refractivity contribution is 6.37. The minimum Gasteiger partial charge on any atom is -0.387 e. The van der Waals surface area contributed by atoms with Gasteiger partial charge >= 0.3 is 0 Å². The Labute approximate surface area is 66.8 Å². The van der Waals surface area contributed by atoms with Gasteiger partial charge in [0.05, 0.1) is 10.7 Å². The lowest BCUT2D eigenvalue weighted by Gasteiger charge is -2.02. The highest BCUT2D eigenvalue weighted by Crippen LogP contribution is 2.17. The van der Waals surface area contributed by atoms with Gasteiger partial charge in [0.2, 0.25) is 0 Å². The third kappa shape index (κ3) is 1.45. The van der Waals surface area contributed by atoms with Gasteiger partial charge in [-0.15, -0.1) is 0 Å². The summed E-state index contributed by atoms with van der Waals surface area (Å²) in [4.78, 5) is 0. The summed E-state index contributed by atoms with van der Waals surface area (Å²) >= 11 is 5.87. The van der Waals surface area contributed by atoms with Gasteiger partial charge in [0.1, 0.15) is 7.85 Å². The smallest absolute Gasteiger partial charge is 0.139 e. The third-order valence-electron chi connectivity index (χ3n) is 1.39. The predicted molar refractivity (Wildman–Crippen MR) is 49.2 cm³/mol. The van der Waals surface area contributed by atoms with Crippen molar-refractivity contribution in [2.24, 2.45) is 0 Å². The summed E-state index contributed by atoms with van der Waals surface area (Å²) in [6, 6.07) is 5.93. The van der Waals surface area contributed by atoms with Crippen molar-refractivity contribution in [1.29, 1.82) is 0 Å². The highest BCUT2D eigenvalue weighted by atomic mass is 35.5. The number of benzene rings is 1. The van der Waals surface area contributed by atoms with Crippen LogP contribution in [-0.4, -0.2) is 14.9 Å². The largest absolute Gasteiger partial charge is 0.387 e. The molecule has 0 aliphatic heterocycles. The molecule has 52 valence electrons. The average Bonchev–Trinajstić information content (AvgIpc) is 1.88. The molecule has 0 aliphatic carbocycles. The van der Waals surface area contributed by atoms with Crippen molar-refractivity contribution in [2.45, 2.75) is 0 Å². The van der Waals surface area contributed by atoms with Crippen molar-refractivity contribution >= 4 is 30.6 Å². The van der Waals surface area contributed by atoms with Gasteiger partial charge in [-0.3, -0.25) is 0 Å². The molecule has 3 heteroatoms. The molecule has 0 bridgehead atoms. The van der Waals surface area contributed by atoms with E-state index in [9.17, 15) is 0 Å². The topological polar surface area (TPSA) is 12.0 Å². The van der Waals surface area contributed by atoms with Crippen LogP contribution >= 0.6 is 11.6 Å². The van der Waals surface area contributed by atoms with Gasteiger partial charge in [0, 0.05) is 7.05 Å². The molecule has 0 aliphatic rings. The summed E-state index contributed by atoms with van der Waals surface area (Å²) in [5.41, 5.74) is 2.16. The van der Waals surface area contributed by atoms with Crippen molar-refractivity contribution in [3.63, 3.8) is 0 Å². The van der Waals surface area contributed by atoms with Crippen LogP contribution in [0.3, 0.4) is 0 Å².